The van der Waals surface area contributed by atoms with Gasteiger partial charge in [-0.25, -0.2) is 8.42 Å². The molecule has 1 spiro atoms. The maximum absolute atomic E-state index is 14.0. The summed E-state index contributed by atoms with van der Waals surface area (Å²) in [5.41, 5.74) is 2.27. The summed E-state index contributed by atoms with van der Waals surface area (Å²) < 4.78 is 26.6. The van der Waals surface area contributed by atoms with Gasteiger partial charge < -0.3 is 4.90 Å². The highest BCUT2D eigenvalue weighted by atomic mass is 32.2. The molecule has 2 aromatic rings. The molecule has 2 aliphatic rings. The van der Waals surface area contributed by atoms with E-state index in [0.717, 1.165) is 48.9 Å². The van der Waals surface area contributed by atoms with Crippen molar-refractivity contribution in [1.82, 2.24) is 0 Å². The van der Waals surface area contributed by atoms with Gasteiger partial charge in [-0.05, 0) is 43.5 Å². The summed E-state index contributed by atoms with van der Waals surface area (Å²) in [6.45, 7) is 1.93. The quantitative estimate of drug-likeness (QED) is 0.756. The maximum Gasteiger partial charge on any atom is 0.200 e. The van der Waals surface area contributed by atoms with Crippen LogP contribution < -0.4 is 4.90 Å². The SMILES string of the molecule is Cc1ccc(S(=O)(=O)[C@]2(C#N)Cc3ccccc3N(C)C23CCCCC3)cc1. The van der Waals surface area contributed by atoms with Gasteiger partial charge in [0.05, 0.1) is 16.5 Å². The van der Waals surface area contributed by atoms with Gasteiger partial charge in [0, 0.05) is 19.2 Å². The zero-order valence-electron chi connectivity index (χ0n) is 16.5. The number of aryl methyl sites for hydroxylation is 1. The lowest BCUT2D eigenvalue weighted by atomic mass is 9.67. The molecule has 0 radical (unpaired) electrons. The molecule has 5 heteroatoms. The number of fused-ring (bicyclic) bond motifs is 1. The summed E-state index contributed by atoms with van der Waals surface area (Å²) in [5.74, 6) is 0. The Morgan fingerprint density at radius 3 is 2.29 bits per heavy atom. The van der Waals surface area contributed by atoms with Crippen LogP contribution in [0.4, 0.5) is 5.69 Å². The van der Waals surface area contributed by atoms with Crippen LogP contribution in [0.3, 0.4) is 0 Å². The van der Waals surface area contributed by atoms with Gasteiger partial charge in [0.25, 0.3) is 0 Å². The van der Waals surface area contributed by atoms with E-state index in [1.165, 1.54) is 0 Å². The molecular formula is C23H26N2O2S. The first-order valence-electron chi connectivity index (χ1n) is 9.92. The zero-order chi connectivity index (χ0) is 20.0. The molecule has 1 fully saturated rings. The summed E-state index contributed by atoms with van der Waals surface area (Å²) in [6, 6.07) is 17.2. The van der Waals surface area contributed by atoms with Crippen molar-refractivity contribution in [3.05, 3.63) is 59.7 Å². The molecule has 0 bridgehead atoms. The molecule has 1 saturated carbocycles. The smallest absolute Gasteiger partial charge is 0.200 e. The average Bonchev–Trinajstić information content (AvgIpc) is 2.72. The minimum absolute atomic E-state index is 0.236. The second kappa shape index (κ2) is 6.63. The van der Waals surface area contributed by atoms with E-state index in [0.29, 0.717) is 0 Å². The summed E-state index contributed by atoms with van der Waals surface area (Å²) in [5, 5.41) is 10.5. The van der Waals surface area contributed by atoms with Crippen molar-refractivity contribution in [2.24, 2.45) is 0 Å². The van der Waals surface area contributed by atoms with E-state index in [2.05, 4.69) is 11.0 Å². The zero-order valence-corrected chi connectivity index (χ0v) is 17.3. The summed E-state index contributed by atoms with van der Waals surface area (Å²) in [4.78, 5) is 2.36. The standard InChI is InChI=1S/C23H26N2O2S/c1-18-10-12-20(13-11-18)28(26,27)23(17-24)16-19-8-4-5-9-21(19)25(2)22(23)14-6-3-7-15-22/h4-5,8-13H,3,6-7,14-16H2,1-2H3/t23-/m0/s1. The maximum atomic E-state index is 14.0. The minimum atomic E-state index is -3.88. The van der Waals surface area contributed by atoms with Crippen LogP contribution >= 0.6 is 0 Å². The van der Waals surface area contributed by atoms with Crippen molar-refractivity contribution in [1.29, 1.82) is 5.26 Å². The lowest BCUT2D eigenvalue weighted by Crippen LogP contribution is -2.70. The highest BCUT2D eigenvalue weighted by Crippen LogP contribution is 2.53. The number of benzene rings is 2. The van der Waals surface area contributed by atoms with Gasteiger partial charge in [0.1, 0.15) is 0 Å². The summed E-state index contributed by atoms with van der Waals surface area (Å²) in [7, 11) is -1.90. The molecule has 1 aliphatic carbocycles. The van der Waals surface area contributed by atoms with E-state index in [9.17, 15) is 13.7 Å². The number of nitrogens with zero attached hydrogens (tertiary/aromatic N) is 2. The number of hydrogen-bond acceptors (Lipinski definition) is 4. The van der Waals surface area contributed by atoms with Gasteiger partial charge in [-0.15, -0.1) is 0 Å². The predicted molar refractivity (Wildman–Crippen MR) is 111 cm³/mol. The monoisotopic (exact) mass is 394 g/mol. The summed E-state index contributed by atoms with van der Waals surface area (Å²) in [6.07, 6.45) is 4.65. The molecule has 146 valence electrons. The van der Waals surface area contributed by atoms with Crippen LogP contribution in [0.5, 0.6) is 0 Å². The van der Waals surface area contributed by atoms with Gasteiger partial charge >= 0.3 is 0 Å². The molecule has 1 atom stereocenters. The predicted octanol–water partition coefficient (Wildman–Crippen LogP) is 4.43. The second-order valence-electron chi connectivity index (χ2n) is 8.21. The third-order valence-electron chi connectivity index (χ3n) is 6.84. The van der Waals surface area contributed by atoms with Gasteiger partial charge in [-0.2, -0.15) is 5.26 Å². The van der Waals surface area contributed by atoms with Crippen LogP contribution in [0.15, 0.2) is 53.4 Å². The van der Waals surface area contributed by atoms with E-state index in [4.69, 9.17) is 0 Å². The van der Waals surface area contributed by atoms with Crippen LogP contribution in [0.1, 0.15) is 43.2 Å². The highest BCUT2D eigenvalue weighted by molar-refractivity contribution is 7.93. The average molecular weight is 395 g/mol. The molecule has 2 aromatic carbocycles. The topological polar surface area (TPSA) is 61.2 Å². The summed E-state index contributed by atoms with van der Waals surface area (Å²) >= 11 is 0. The fourth-order valence-electron chi connectivity index (χ4n) is 5.27. The Balaban J connectivity index is 1.99. The molecule has 0 unspecified atom stereocenters. The lowest BCUT2D eigenvalue weighted by Gasteiger charge is -2.57. The Kier molecular flexibility index (Phi) is 4.50. The van der Waals surface area contributed by atoms with Crippen molar-refractivity contribution in [3.63, 3.8) is 0 Å². The van der Waals surface area contributed by atoms with E-state index in [1.807, 2.05) is 50.4 Å². The van der Waals surface area contributed by atoms with Crippen molar-refractivity contribution in [2.45, 2.75) is 60.6 Å². The first kappa shape index (κ1) is 19.0. The third kappa shape index (κ3) is 2.44. The first-order valence-corrected chi connectivity index (χ1v) is 11.4. The van der Waals surface area contributed by atoms with Crippen molar-refractivity contribution in [2.75, 3.05) is 11.9 Å². The Morgan fingerprint density at radius 2 is 1.64 bits per heavy atom. The van der Waals surface area contributed by atoms with E-state index < -0.39 is 20.1 Å². The number of para-hydroxylation sites is 1. The fourth-order valence-corrected chi connectivity index (χ4v) is 7.47. The normalized spacial score (nSPS) is 23.8. The molecule has 0 aromatic heterocycles. The Bertz CT molecular complexity index is 1030. The molecule has 4 nitrogen and oxygen atoms in total. The van der Waals surface area contributed by atoms with Crippen LogP contribution in [-0.4, -0.2) is 25.8 Å². The largest absolute Gasteiger partial charge is 0.366 e. The minimum Gasteiger partial charge on any atom is -0.366 e. The van der Waals surface area contributed by atoms with Crippen LogP contribution in [0.2, 0.25) is 0 Å². The van der Waals surface area contributed by atoms with Crippen LogP contribution in [-0.2, 0) is 16.3 Å². The number of anilines is 1. The highest BCUT2D eigenvalue weighted by Gasteiger charge is 2.65. The lowest BCUT2D eigenvalue weighted by molar-refractivity contribution is 0.226. The molecular weight excluding hydrogens is 368 g/mol. The number of hydrogen-bond donors (Lipinski definition) is 0. The van der Waals surface area contributed by atoms with E-state index >= 15 is 0 Å². The Labute approximate surface area is 167 Å². The van der Waals surface area contributed by atoms with Gasteiger partial charge in [0.15, 0.2) is 14.6 Å². The molecule has 0 amide bonds. The number of rotatable bonds is 2. The van der Waals surface area contributed by atoms with Crippen molar-refractivity contribution < 1.29 is 8.42 Å². The molecule has 1 aliphatic heterocycles. The third-order valence-corrected chi connectivity index (χ3v) is 9.26. The number of nitriles is 1. The molecule has 0 saturated heterocycles. The molecule has 4 rings (SSSR count). The second-order valence-corrected chi connectivity index (χ2v) is 10.4. The Morgan fingerprint density at radius 1 is 1.00 bits per heavy atom. The molecule has 0 N–H and O–H groups in total. The van der Waals surface area contributed by atoms with Gasteiger partial charge in [0.2, 0.25) is 0 Å². The van der Waals surface area contributed by atoms with Crippen LogP contribution in [0, 0.1) is 18.3 Å². The Hall–Kier alpha value is -2.32. The van der Waals surface area contributed by atoms with E-state index in [1.54, 1.807) is 12.1 Å². The fraction of sp³-hybridized carbons (Fsp3) is 0.435. The van der Waals surface area contributed by atoms with Crippen molar-refractivity contribution >= 4 is 15.5 Å². The first-order chi connectivity index (χ1) is 13.4. The van der Waals surface area contributed by atoms with Crippen molar-refractivity contribution in [3.8, 4) is 6.07 Å². The van der Waals surface area contributed by atoms with E-state index in [-0.39, 0.29) is 11.3 Å². The number of sulfone groups is 1. The molecule has 1 heterocycles. The van der Waals surface area contributed by atoms with Crippen LogP contribution in [0.25, 0.3) is 0 Å². The molecule has 28 heavy (non-hydrogen) atoms. The van der Waals surface area contributed by atoms with Gasteiger partial charge in [-0.3, -0.25) is 0 Å². The van der Waals surface area contributed by atoms with Gasteiger partial charge in [-0.1, -0.05) is 55.2 Å².